The van der Waals surface area contributed by atoms with Crippen LogP contribution in [0.25, 0.3) is 10.9 Å². The minimum Gasteiger partial charge on any atom is -0.360 e. The zero-order chi connectivity index (χ0) is 33.6. The average molecular weight is 686 g/mol. The number of nitrogens with one attached hydrogen (secondary N) is 2. The Balaban J connectivity index is 0.970. The maximum absolute atomic E-state index is 14.3. The molecular weight excluding hydrogens is 638 g/mol. The van der Waals surface area contributed by atoms with Crippen molar-refractivity contribution in [2.24, 2.45) is 11.3 Å². The number of hydrogen-bond donors (Lipinski definition) is 2. The second-order valence-electron chi connectivity index (χ2n) is 14.6. The molecule has 0 unspecified atom stereocenters. The molecule has 3 heterocycles. The van der Waals surface area contributed by atoms with E-state index in [0.717, 1.165) is 74.6 Å². The van der Waals surface area contributed by atoms with Gasteiger partial charge in [-0.15, -0.1) is 0 Å². The zero-order valence-electron chi connectivity index (χ0n) is 28.2. The molecule has 10 nitrogen and oxygen atoms in total. The van der Waals surface area contributed by atoms with Gasteiger partial charge in [0.1, 0.15) is 18.2 Å². The molecule has 1 atom stereocenters. The Labute approximate surface area is 293 Å². The maximum atomic E-state index is 14.3. The van der Waals surface area contributed by atoms with Gasteiger partial charge in [-0.2, -0.15) is 5.10 Å². The number of hydrogen-bond acceptors (Lipinski definition) is 7. The summed E-state index contributed by atoms with van der Waals surface area (Å²) in [4.78, 5) is 33.6. The predicted molar refractivity (Wildman–Crippen MR) is 189 cm³/mol. The number of halogens is 1. The lowest BCUT2D eigenvalue weighted by molar-refractivity contribution is -0.137. The fraction of sp³-hybridized carbons (Fsp3) is 0.553. The summed E-state index contributed by atoms with van der Waals surface area (Å²) in [5.74, 6) is 1.39. The summed E-state index contributed by atoms with van der Waals surface area (Å²) in [6.07, 6.45) is 16.2. The molecule has 2 saturated carbocycles. The van der Waals surface area contributed by atoms with E-state index in [-0.39, 0.29) is 41.8 Å². The molecule has 2 amide bonds. The van der Waals surface area contributed by atoms with Gasteiger partial charge in [0.2, 0.25) is 11.8 Å². The molecule has 260 valence electrons. The number of rotatable bonds is 11. The molecule has 0 radical (unpaired) electrons. The highest BCUT2D eigenvalue weighted by molar-refractivity contribution is 6.30. The monoisotopic (exact) mass is 685 g/mol. The van der Waals surface area contributed by atoms with Crippen molar-refractivity contribution in [2.75, 3.05) is 13.1 Å². The van der Waals surface area contributed by atoms with Crippen molar-refractivity contribution in [3.8, 4) is 0 Å². The molecule has 2 aromatic carbocycles. The SMILES string of the molecule is O=C(Cc1onc2ccccc12)NC1CCC(N[C@H](Cc2ccc(Cl)cc2)C(=O)N2CCC(Cn3cncn3)(C3CCCCC3)CC2)CC1. The Kier molecular flexibility index (Phi) is 10.6. The first-order valence-corrected chi connectivity index (χ1v) is 18.6. The molecule has 2 aromatic heterocycles. The van der Waals surface area contributed by atoms with Gasteiger partial charge in [-0.05, 0) is 98.9 Å². The van der Waals surface area contributed by atoms with Crippen molar-refractivity contribution in [1.29, 1.82) is 0 Å². The third-order valence-electron chi connectivity index (χ3n) is 11.4. The van der Waals surface area contributed by atoms with Gasteiger partial charge >= 0.3 is 0 Å². The van der Waals surface area contributed by atoms with Gasteiger partial charge in [-0.1, -0.05) is 60.3 Å². The fourth-order valence-electron chi connectivity index (χ4n) is 8.70. The summed E-state index contributed by atoms with van der Waals surface area (Å²) >= 11 is 6.21. The van der Waals surface area contributed by atoms with Gasteiger partial charge in [0.05, 0.1) is 12.5 Å². The number of piperidine rings is 1. The Bertz CT molecular complexity index is 1670. The average Bonchev–Trinajstić information content (AvgIpc) is 3.80. The Morgan fingerprint density at radius 3 is 2.41 bits per heavy atom. The van der Waals surface area contributed by atoms with Crippen LogP contribution in [0.3, 0.4) is 0 Å². The Morgan fingerprint density at radius 1 is 0.939 bits per heavy atom. The van der Waals surface area contributed by atoms with Crippen molar-refractivity contribution in [1.82, 2.24) is 35.5 Å². The highest BCUT2D eigenvalue weighted by Gasteiger charge is 2.44. The van der Waals surface area contributed by atoms with E-state index in [1.165, 1.54) is 32.1 Å². The Hall–Kier alpha value is -3.76. The lowest BCUT2D eigenvalue weighted by Crippen LogP contribution is -2.56. The van der Waals surface area contributed by atoms with Gasteiger partial charge in [0, 0.05) is 42.1 Å². The van der Waals surface area contributed by atoms with Crippen LogP contribution in [-0.2, 0) is 29.0 Å². The lowest BCUT2D eigenvalue weighted by Gasteiger charge is -2.48. The minimum atomic E-state index is -0.324. The molecule has 3 fully saturated rings. The summed E-state index contributed by atoms with van der Waals surface area (Å²) in [6, 6.07) is 15.5. The molecule has 1 saturated heterocycles. The number of likely N-dealkylation sites (tertiary alicyclic amines) is 1. The standard InChI is InChI=1S/C38H48ClN7O3/c39-29-12-10-27(11-13-29)22-34(37(48)45-20-18-38(19-21-45,24-46-26-40-25-41-46)28-6-2-1-3-7-28)42-30-14-16-31(17-15-30)43-36(47)23-35-32-8-4-5-9-33(32)44-49-35/h4-5,8-13,25-26,28,30-31,34,42H,1-3,6-7,14-24H2,(H,43,47)/t30?,31?,34-/m1/s1. The first-order chi connectivity index (χ1) is 23.9. The number of amides is 2. The second-order valence-corrected chi connectivity index (χ2v) is 15.0. The van der Waals surface area contributed by atoms with Crippen LogP contribution in [0.15, 0.2) is 65.7 Å². The second kappa shape index (κ2) is 15.4. The summed E-state index contributed by atoms with van der Waals surface area (Å²) in [7, 11) is 0. The van der Waals surface area contributed by atoms with Crippen molar-refractivity contribution in [3.05, 3.63) is 77.5 Å². The smallest absolute Gasteiger partial charge is 0.240 e. The predicted octanol–water partition coefficient (Wildman–Crippen LogP) is 6.13. The fourth-order valence-corrected chi connectivity index (χ4v) is 8.82. The number of aromatic nitrogens is 4. The first-order valence-electron chi connectivity index (χ1n) is 18.2. The molecule has 1 aliphatic heterocycles. The Morgan fingerprint density at radius 2 is 1.67 bits per heavy atom. The van der Waals surface area contributed by atoms with Crippen molar-refractivity contribution in [3.63, 3.8) is 0 Å². The van der Waals surface area contributed by atoms with Gasteiger partial charge in [-0.25, -0.2) is 4.98 Å². The first kappa shape index (κ1) is 33.7. The highest BCUT2D eigenvalue weighted by atomic mass is 35.5. The van der Waals surface area contributed by atoms with Crippen LogP contribution in [0.5, 0.6) is 0 Å². The molecule has 7 rings (SSSR count). The number of nitrogens with zero attached hydrogens (tertiary/aromatic N) is 5. The van der Waals surface area contributed by atoms with Gasteiger partial charge in [0.25, 0.3) is 0 Å². The quantitative estimate of drug-likeness (QED) is 0.195. The molecule has 2 N–H and O–H groups in total. The van der Waals surface area contributed by atoms with Crippen LogP contribution in [0, 0.1) is 11.3 Å². The number of fused-ring (bicyclic) bond motifs is 1. The number of carbonyl (C=O) groups is 2. The van der Waals surface area contributed by atoms with Crippen LogP contribution in [0.1, 0.15) is 82.0 Å². The van der Waals surface area contributed by atoms with E-state index in [9.17, 15) is 9.59 Å². The molecule has 0 bridgehead atoms. The van der Waals surface area contributed by atoms with Crippen molar-refractivity contribution < 1.29 is 14.1 Å². The van der Waals surface area contributed by atoms with Crippen molar-refractivity contribution in [2.45, 2.75) is 108 Å². The number of carbonyl (C=O) groups excluding carboxylic acids is 2. The summed E-state index contributed by atoms with van der Waals surface area (Å²) in [6.45, 7) is 2.41. The van der Waals surface area contributed by atoms with Gasteiger partial charge in [0.15, 0.2) is 5.76 Å². The molecule has 4 aromatic rings. The largest absolute Gasteiger partial charge is 0.360 e. The highest BCUT2D eigenvalue weighted by Crippen LogP contribution is 2.47. The van der Waals surface area contributed by atoms with Crippen LogP contribution >= 0.6 is 11.6 Å². The molecule has 0 spiro atoms. The van der Waals surface area contributed by atoms with Crippen LogP contribution in [0.4, 0.5) is 0 Å². The summed E-state index contributed by atoms with van der Waals surface area (Å²) < 4.78 is 7.46. The van der Waals surface area contributed by atoms with E-state index in [4.69, 9.17) is 16.1 Å². The van der Waals surface area contributed by atoms with Gasteiger partial charge in [-0.3, -0.25) is 14.3 Å². The molecule has 3 aliphatic rings. The van der Waals surface area contributed by atoms with E-state index < -0.39 is 0 Å². The van der Waals surface area contributed by atoms with Crippen LogP contribution in [0.2, 0.25) is 5.02 Å². The summed E-state index contributed by atoms with van der Waals surface area (Å²) in [5.41, 5.74) is 2.00. The summed E-state index contributed by atoms with van der Waals surface area (Å²) in [5, 5.41) is 17.1. The number of benzene rings is 2. The van der Waals surface area contributed by atoms with E-state index in [1.54, 1.807) is 6.33 Å². The molecular formula is C38H48ClN7O3. The van der Waals surface area contributed by atoms with E-state index in [2.05, 4.69) is 30.8 Å². The van der Waals surface area contributed by atoms with E-state index in [1.807, 2.05) is 59.5 Å². The normalized spacial score (nSPS) is 22.2. The van der Waals surface area contributed by atoms with Crippen LogP contribution < -0.4 is 10.6 Å². The topological polar surface area (TPSA) is 118 Å². The molecule has 49 heavy (non-hydrogen) atoms. The van der Waals surface area contributed by atoms with E-state index >= 15 is 0 Å². The third-order valence-corrected chi connectivity index (χ3v) is 11.7. The zero-order valence-corrected chi connectivity index (χ0v) is 29.0. The van der Waals surface area contributed by atoms with Crippen molar-refractivity contribution >= 4 is 34.3 Å². The van der Waals surface area contributed by atoms with Gasteiger partial charge < -0.3 is 20.1 Å². The third kappa shape index (κ3) is 8.18. The lowest BCUT2D eigenvalue weighted by atomic mass is 9.63. The van der Waals surface area contributed by atoms with E-state index in [0.29, 0.717) is 23.1 Å². The van der Waals surface area contributed by atoms with Crippen LogP contribution in [-0.4, -0.2) is 67.9 Å². The molecule has 2 aliphatic carbocycles. The maximum Gasteiger partial charge on any atom is 0.240 e. The minimum absolute atomic E-state index is 0.0488. The molecule has 11 heteroatoms.